The van der Waals surface area contributed by atoms with Crippen molar-refractivity contribution >= 4 is 51.0 Å². The van der Waals surface area contributed by atoms with Crippen molar-refractivity contribution in [3.05, 3.63) is 38.8 Å². The number of anilines is 1. The van der Waals surface area contributed by atoms with Gasteiger partial charge in [0.2, 0.25) is 5.91 Å². The average molecular weight is 360 g/mol. The summed E-state index contributed by atoms with van der Waals surface area (Å²) < 4.78 is 6.09. The smallest absolute Gasteiger partial charge is 0.250 e. The molecule has 0 fully saturated rings. The maximum absolute atomic E-state index is 11.5. The molecule has 0 bridgehead atoms. The van der Waals surface area contributed by atoms with Gasteiger partial charge in [-0.25, -0.2) is 4.98 Å². The zero-order valence-corrected chi connectivity index (χ0v) is 11.9. The van der Waals surface area contributed by atoms with Crippen molar-refractivity contribution < 1.29 is 9.21 Å². The second-order valence-electron chi connectivity index (χ2n) is 3.26. The number of furan rings is 1. The van der Waals surface area contributed by atoms with E-state index in [9.17, 15) is 4.79 Å². The number of aryl methyl sites for hydroxylation is 1. The molecule has 6 heteroatoms. The van der Waals surface area contributed by atoms with Crippen LogP contribution in [0.4, 0.5) is 5.13 Å². The molecular weight excluding hydrogens is 351 g/mol. The fourth-order valence-corrected chi connectivity index (χ4v) is 2.26. The Labute approximate surface area is 116 Å². The van der Waals surface area contributed by atoms with Gasteiger partial charge in [0, 0.05) is 11.5 Å². The minimum atomic E-state index is -0.217. The van der Waals surface area contributed by atoms with Gasteiger partial charge in [-0.3, -0.25) is 10.1 Å². The Hall–Kier alpha value is -1.15. The number of amides is 1. The van der Waals surface area contributed by atoms with Crippen molar-refractivity contribution in [2.75, 3.05) is 5.32 Å². The van der Waals surface area contributed by atoms with Gasteiger partial charge >= 0.3 is 0 Å². The highest BCUT2D eigenvalue weighted by atomic mass is 127. The number of aromatic nitrogens is 1. The first-order valence-corrected chi connectivity index (χ1v) is 6.76. The number of carbonyl (C=O) groups is 1. The van der Waals surface area contributed by atoms with E-state index in [4.69, 9.17) is 4.42 Å². The molecule has 0 saturated heterocycles. The first-order chi connectivity index (χ1) is 8.13. The van der Waals surface area contributed by atoms with Gasteiger partial charge in [0.15, 0.2) is 8.90 Å². The maximum atomic E-state index is 11.5. The van der Waals surface area contributed by atoms with E-state index in [2.05, 4.69) is 32.9 Å². The van der Waals surface area contributed by atoms with Gasteiger partial charge in [-0.05, 0) is 47.7 Å². The van der Waals surface area contributed by atoms with Crippen molar-refractivity contribution in [2.24, 2.45) is 0 Å². The van der Waals surface area contributed by atoms with Gasteiger partial charge < -0.3 is 4.42 Å². The van der Waals surface area contributed by atoms with Gasteiger partial charge in [-0.2, -0.15) is 0 Å². The molecule has 2 heterocycles. The van der Waals surface area contributed by atoms with E-state index in [1.807, 2.05) is 18.4 Å². The maximum Gasteiger partial charge on any atom is 0.250 e. The molecule has 2 rings (SSSR count). The third-order valence-corrected chi connectivity index (χ3v) is 3.30. The quantitative estimate of drug-likeness (QED) is 0.675. The van der Waals surface area contributed by atoms with Crippen molar-refractivity contribution in [1.82, 2.24) is 4.98 Å². The topological polar surface area (TPSA) is 55.1 Å². The van der Waals surface area contributed by atoms with E-state index in [0.29, 0.717) is 10.9 Å². The molecule has 0 aliphatic carbocycles. The van der Waals surface area contributed by atoms with Crippen LogP contribution < -0.4 is 5.32 Å². The summed E-state index contributed by atoms with van der Waals surface area (Å²) in [6.45, 7) is 1.88. The monoisotopic (exact) mass is 360 g/mol. The summed E-state index contributed by atoms with van der Waals surface area (Å²) in [6, 6.07) is 3.64. The highest BCUT2D eigenvalue weighted by Crippen LogP contribution is 2.15. The largest absolute Gasteiger partial charge is 0.451 e. The Kier molecular flexibility index (Phi) is 3.95. The molecule has 17 heavy (non-hydrogen) atoms. The number of halogens is 1. The number of nitrogens with zero attached hydrogens (tertiary/aromatic N) is 1. The van der Waals surface area contributed by atoms with Crippen LogP contribution in [-0.4, -0.2) is 10.9 Å². The SMILES string of the molecule is Cc1csc(NC(=O)/C=C/c2ccc(I)o2)n1. The fraction of sp³-hybridized carbons (Fsp3) is 0.0909. The van der Waals surface area contributed by atoms with Crippen LogP contribution in [-0.2, 0) is 4.79 Å². The standard InChI is InChI=1S/C11H9IN2O2S/c1-7-6-17-11(13-7)14-10(15)5-3-8-2-4-9(12)16-8/h2-6H,1H3,(H,13,14,15)/b5-3+. The van der Waals surface area contributed by atoms with Crippen molar-refractivity contribution in [3.8, 4) is 0 Å². The second kappa shape index (κ2) is 5.46. The summed E-state index contributed by atoms with van der Waals surface area (Å²) in [5.41, 5.74) is 0.898. The molecule has 0 unspecified atom stereocenters. The van der Waals surface area contributed by atoms with E-state index in [0.717, 1.165) is 9.46 Å². The van der Waals surface area contributed by atoms with Crippen LogP contribution in [0.5, 0.6) is 0 Å². The van der Waals surface area contributed by atoms with E-state index in [1.54, 1.807) is 12.1 Å². The normalized spacial score (nSPS) is 10.9. The zero-order chi connectivity index (χ0) is 12.3. The lowest BCUT2D eigenvalue weighted by molar-refractivity contribution is -0.111. The number of rotatable bonds is 3. The molecule has 1 amide bonds. The third-order valence-electron chi connectivity index (χ3n) is 1.84. The first kappa shape index (κ1) is 12.3. The molecule has 88 valence electrons. The highest BCUT2D eigenvalue weighted by molar-refractivity contribution is 14.1. The lowest BCUT2D eigenvalue weighted by Gasteiger charge is -1.94. The molecule has 0 saturated carbocycles. The van der Waals surface area contributed by atoms with Crippen LogP contribution in [0.15, 0.2) is 28.0 Å². The molecule has 1 N–H and O–H groups in total. The van der Waals surface area contributed by atoms with Gasteiger partial charge in [-0.1, -0.05) is 0 Å². The first-order valence-electron chi connectivity index (χ1n) is 4.80. The minimum absolute atomic E-state index is 0.217. The van der Waals surface area contributed by atoms with Crippen LogP contribution in [0.1, 0.15) is 11.5 Å². The van der Waals surface area contributed by atoms with Crippen molar-refractivity contribution in [1.29, 1.82) is 0 Å². The Morgan fingerprint density at radius 2 is 2.41 bits per heavy atom. The van der Waals surface area contributed by atoms with E-state index < -0.39 is 0 Å². The fourth-order valence-electron chi connectivity index (χ4n) is 1.13. The van der Waals surface area contributed by atoms with E-state index >= 15 is 0 Å². The van der Waals surface area contributed by atoms with Gasteiger partial charge in [0.05, 0.1) is 5.69 Å². The van der Waals surface area contributed by atoms with Crippen LogP contribution in [0, 0.1) is 10.7 Å². The summed E-state index contributed by atoms with van der Waals surface area (Å²) >= 11 is 3.47. The van der Waals surface area contributed by atoms with Gasteiger partial charge in [-0.15, -0.1) is 11.3 Å². The summed E-state index contributed by atoms with van der Waals surface area (Å²) in [6.07, 6.45) is 3.05. The van der Waals surface area contributed by atoms with Crippen LogP contribution >= 0.6 is 33.9 Å². The number of hydrogen-bond donors (Lipinski definition) is 1. The van der Waals surface area contributed by atoms with E-state index in [-0.39, 0.29) is 5.91 Å². The summed E-state index contributed by atoms with van der Waals surface area (Å²) in [4.78, 5) is 15.7. The summed E-state index contributed by atoms with van der Waals surface area (Å²) in [5.74, 6) is 0.436. The van der Waals surface area contributed by atoms with E-state index in [1.165, 1.54) is 17.4 Å². The molecule has 2 aromatic heterocycles. The molecule has 0 spiro atoms. The van der Waals surface area contributed by atoms with Crippen LogP contribution in [0.25, 0.3) is 6.08 Å². The Morgan fingerprint density at radius 3 is 3.00 bits per heavy atom. The Morgan fingerprint density at radius 1 is 1.59 bits per heavy atom. The molecule has 4 nitrogen and oxygen atoms in total. The third kappa shape index (κ3) is 3.67. The Bertz CT molecular complexity index is 559. The zero-order valence-electron chi connectivity index (χ0n) is 8.94. The lowest BCUT2D eigenvalue weighted by Crippen LogP contribution is -2.07. The second-order valence-corrected chi connectivity index (χ2v) is 5.18. The number of carbonyl (C=O) groups excluding carboxylic acids is 1. The van der Waals surface area contributed by atoms with Crippen molar-refractivity contribution in [2.45, 2.75) is 6.92 Å². The van der Waals surface area contributed by atoms with Crippen molar-refractivity contribution in [3.63, 3.8) is 0 Å². The number of hydrogen-bond acceptors (Lipinski definition) is 4. The molecule has 0 aromatic carbocycles. The average Bonchev–Trinajstić information content (AvgIpc) is 2.85. The summed E-state index contributed by atoms with van der Waals surface area (Å²) in [5, 5.41) is 5.16. The molecule has 2 aromatic rings. The molecular formula is C11H9IN2O2S. The van der Waals surface area contributed by atoms with Crippen LogP contribution in [0.3, 0.4) is 0 Å². The Balaban J connectivity index is 1.95. The minimum Gasteiger partial charge on any atom is -0.451 e. The van der Waals surface area contributed by atoms with Gasteiger partial charge in [0.1, 0.15) is 5.76 Å². The predicted octanol–water partition coefficient (Wildman–Crippen LogP) is 3.30. The highest BCUT2D eigenvalue weighted by Gasteiger charge is 2.02. The summed E-state index contributed by atoms with van der Waals surface area (Å²) in [7, 11) is 0. The van der Waals surface area contributed by atoms with Gasteiger partial charge in [0.25, 0.3) is 0 Å². The van der Waals surface area contributed by atoms with Crippen LogP contribution in [0.2, 0.25) is 0 Å². The molecule has 0 atom stereocenters. The number of nitrogens with one attached hydrogen (secondary N) is 1. The predicted molar refractivity (Wildman–Crippen MR) is 75.9 cm³/mol. The molecule has 0 radical (unpaired) electrons. The number of thiazole rings is 1. The molecule has 0 aliphatic heterocycles. The molecule has 0 aliphatic rings. The lowest BCUT2D eigenvalue weighted by atomic mass is 10.4.